The van der Waals surface area contributed by atoms with Crippen molar-refractivity contribution in [3.63, 3.8) is 0 Å². The highest BCUT2D eigenvalue weighted by molar-refractivity contribution is 5.99. The van der Waals surface area contributed by atoms with Crippen molar-refractivity contribution in [2.24, 2.45) is 0 Å². The van der Waals surface area contributed by atoms with Crippen LogP contribution < -0.4 is 38.2 Å². The van der Waals surface area contributed by atoms with Crippen LogP contribution in [0.3, 0.4) is 0 Å². The van der Waals surface area contributed by atoms with E-state index in [0.29, 0.717) is 27.3 Å². The van der Waals surface area contributed by atoms with E-state index in [-0.39, 0.29) is 66.9 Å². The van der Waals surface area contributed by atoms with Crippen LogP contribution in [0.1, 0.15) is 39.5 Å². The van der Waals surface area contributed by atoms with Crippen LogP contribution in [0.4, 0.5) is 0 Å². The Morgan fingerprint density at radius 2 is 2.03 bits per heavy atom. The van der Waals surface area contributed by atoms with E-state index in [1.807, 2.05) is 6.07 Å². The van der Waals surface area contributed by atoms with Crippen LogP contribution in [-0.2, 0) is 13.0 Å². The Morgan fingerprint density at radius 1 is 1.27 bits per heavy atom. The molecule has 4 rings (SSSR count). The predicted octanol–water partition coefficient (Wildman–Crippen LogP) is -0.428. The maximum absolute atomic E-state index is 13.1. The molecule has 0 spiro atoms. The molecular weight excluding hydrogens is 501 g/mol. The van der Waals surface area contributed by atoms with E-state index in [0.717, 1.165) is 24.1 Å². The van der Waals surface area contributed by atoms with Gasteiger partial charge in [0.2, 0.25) is 6.79 Å². The molecule has 8 heteroatoms. The zero-order chi connectivity index (χ0) is 20.8. The number of fused-ring (bicyclic) bond motifs is 2. The second kappa shape index (κ2) is 8.60. The number of carbonyl (C=O) groups is 1. The Morgan fingerprint density at radius 3 is 2.70 bits per heavy atom. The van der Waals surface area contributed by atoms with Crippen LogP contribution in [0, 0.1) is 0 Å². The van der Waals surface area contributed by atoms with E-state index in [9.17, 15) is 15.0 Å². The number of rotatable bonds is 5. The number of methoxy groups -OCH3 is 1. The van der Waals surface area contributed by atoms with E-state index in [2.05, 4.69) is 14.1 Å². The van der Waals surface area contributed by atoms with Gasteiger partial charge in [0, 0.05) is 23.6 Å². The summed E-state index contributed by atoms with van der Waals surface area (Å²) in [5.74, 6) is 1.46. The fourth-order valence-electron chi connectivity index (χ4n) is 4.39. The number of hydrogen-bond acceptors (Lipinski definition) is 6. The number of hydrogen-bond donors (Lipinski definition) is 2. The molecule has 0 saturated heterocycles. The first-order valence-corrected chi connectivity index (χ1v) is 9.63. The largest absolute Gasteiger partial charge is 1.00 e. The minimum Gasteiger partial charge on any atom is -1.00 e. The molecule has 2 aliphatic rings. The van der Waals surface area contributed by atoms with Gasteiger partial charge in [0.25, 0.3) is 0 Å². The molecule has 2 aromatic carbocycles. The number of aliphatic hydroxyl groups is 1. The third-order valence-electron chi connectivity index (χ3n) is 6.07. The first-order valence-electron chi connectivity index (χ1n) is 9.63. The molecule has 0 aliphatic carbocycles. The van der Waals surface area contributed by atoms with Crippen molar-refractivity contribution in [2.45, 2.75) is 25.5 Å². The molecule has 2 aromatic rings. The van der Waals surface area contributed by atoms with Gasteiger partial charge in [-0.3, -0.25) is 4.79 Å². The second-order valence-corrected chi connectivity index (χ2v) is 8.10. The molecule has 0 aromatic heterocycles. The first-order chi connectivity index (χ1) is 13.9. The lowest BCUT2D eigenvalue weighted by Crippen LogP contribution is -3.00. The summed E-state index contributed by atoms with van der Waals surface area (Å²) < 4.78 is 16.8. The Kier molecular flexibility index (Phi) is 6.49. The van der Waals surface area contributed by atoms with Crippen molar-refractivity contribution < 1.29 is 57.7 Å². The highest BCUT2D eigenvalue weighted by Gasteiger charge is 2.41. The summed E-state index contributed by atoms with van der Waals surface area (Å²) in [5.41, 5.74) is 2.99. The van der Waals surface area contributed by atoms with Gasteiger partial charge in [0.15, 0.2) is 17.3 Å². The smallest absolute Gasteiger partial charge is 0.231 e. The van der Waals surface area contributed by atoms with E-state index < -0.39 is 0 Å². The van der Waals surface area contributed by atoms with E-state index in [4.69, 9.17) is 14.2 Å². The lowest BCUT2D eigenvalue weighted by Gasteiger charge is -2.43. The topological polar surface area (TPSA) is 85.2 Å². The molecule has 0 amide bonds. The van der Waals surface area contributed by atoms with Crippen LogP contribution in [0.2, 0.25) is 0 Å². The van der Waals surface area contributed by atoms with Crippen LogP contribution in [0.15, 0.2) is 24.3 Å². The summed E-state index contributed by atoms with van der Waals surface area (Å²) in [7, 11) is 5.68. The summed E-state index contributed by atoms with van der Waals surface area (Å²) in [6.07, 6.45) is 1.02. The number of halogens is 1. The molecule has 2 N–H and O–H groups in total. The zero-order valence-corrected chi connectivity index (χ0v) is 19.4. The lowest BCUT2D eigenvalue weighted by molar-refractivity contribution is -0.922. The van der Waals surface area contributed by atoms with E-state index in [1.54, 1.807) is 12.1 Å². The van der Waals surface area contributed by atoms with Crippen molar-refractivity contribution in [1.29, 1.82) is 0 Å². The van der Waals surface area contributed by atoms with Gasteiger partial charge < -0.3 is 52.9 Å². The first kappa shape index (κ1) is 22.6. The van der Waals surface area contributed by atoms with Crippen molar-refractivity contribution in [2.75, 3.05) is 34.5 Å². The summed E-state index contributed by atoms with van der Waals surface area (Å²) >= 11 is 0. The number of aromatic hydroxyl groups is 1. The van der Waals surface area contributed by atoms with Gasteiger partial charge in [0.1, 0.15) is 17.5 Å². The molecule has 30 heavy (non-hydrogen) atoms. The second-order valence-electron chi connectivity index (χ2n) is 8.10. The summed E-state index contributed by atoms with van der Waals surface area (Å²) in [4.78, 5) is 13.1. The lowest BCUT2D eigenvalue weighted by atomic mass is 9.83. The Hall–Kier alpha value is -2.04. The molecule has 1 atom stereocenters. The van der Waals surface area contributed by atoms with Crippen molar-refractivity contribution in [1.82, 2.24) is 0 Å². The number of phenolic OH excluding ortho intramolecular Hbond substituents is 1. The maximum atomic E-state index is 13.1. The Balaban J connectivity index is 0.00000256. The number of phenols is 1. The number of nitrogens with zero attached hydrogens (tertiary/aromatic N) is 1. The van der Waals surface area contributed by atoms with Crippen LogP contribution in [-0.4, -0.2) is 55.0 Å². The van der Waals surface area contributed by atoms with Gasteiger partial charge >= 0.3 is 0 Å². The van der Waals surface area contributed by atoms with Crippen molar-refractivity contribution in [3.05, 3.63) is 46.5 Å². The number of Topliss-reactive ketones (excluding diaryl/α,β-unsaturated/α-hetero) is 1. The Labute approximate surface area is 192 Å². The SMILES string of the molecule is COc1ccc(C(=O)CC2c3c(cc4c(c3CO)OCO4)CC[N+]2(C)C)c(O)c1.[I-]. The number of quaternary nitrogens is 1. The quantitative estimate of drug-likeness (QED) is 0.312. The number of ether oxygens (including phenoxy) is 3. The predicted molar refractivity (Wildman–Crippen MR) is 106 cm³/mol. The number of aliphatic hydroxyl groups excluding tert-OH is 1. The summed E-state index contributed by atoms with van der Waals surface area (Å²) in [5, 5.41) is 20.4. The number of likely N-dealkylation sites (N-methyl/N-ethyl adjacent to an activating group) is 1. The molecular formula is C22H26INO6. The van der Waals surface area contributed by atoms with Crippen LogP contribution in [0.25, 0.3) is 0 Å². The fraction of sp³-hybridized carbons (Fsp3) is 0.409. The molecule has 1 unspecified atom stereocenters. The summed E-state index contributed by atoms with van der Waals surface area (Å²) in [6.45, 7) is 0.796. The standard InChI is InChI=1S/C22H25NO6.HI/c1-23(2)7-6-13-8-20-22(29-12-28-20)16(11-24)21(13)17(23)10-19(26)15-5-4-14(27-3)9-18(15)25;/h4-5,8-9,17,24H,6-7,10-12H2,1-3H3;1H. The minimum absolute atomic E-state index is 0. The van der Waals surface area contributed by atoms with Gasteiger partial charge in [-0.1, -0.05) is 0 Å². The molecule has 162 valence electrons. The number of ketones is 1. The summed E-state index contributed by atoms with van der Waals surface area (Å²) in [6, 6.07) is 6.49. The number of benzene rings is 2. The minimum atomic E-state index is -0.187. The van der Waals surface area contributed by atoms with Gasteiger partial charge in [0.05, 0.1) is 46.3 Å². The highest BCUT2D eigenvalue weighted by Crippen LogP contribution is 2.47. The third kappa shape index (κ3) is 3.83. The van der Waals surface area contributed by atoms with Gasteiger partial charge in [-0.2, -0.15) is 0 Å². The fourth-order valence-corrected chi connectivity index (χ4v) is 4.39. The molecule has 2 heterocycles. The molecule has 0 radical (unpaired) electrons. The molecule has 7 nitrogen and oxygen atoms in total. The average molecular weight is 527 g/mol. The van der Waals surface area contributed by atoms with Crippen molar-refractivity contribution in [3.8, 4) is 23.0 Å². The molecule has 0 saturated carbocycles. The maximum Gasteiger partial charge on any atom is 0.231 e. The van der Waals surface area contributed by atoms with E-state index in [1.165, 1.54) is 13.2 Å². The Bertz CT molecular complexity index is 975. The highest BCUT2D eigenvalue weighted by atomic mass is 127. The van der Waals surface area contributed by atoms with Crippen molar-refractivity contribution >= 4 is 5.78 Å². The average Bonchev–Trinajstić information content (AvgIpc) is 3.16. The monoisotopic (exact) mass is 527 g/mol. The van der Waals surface area contributed by atoms with Gasteiger partial charge in [-0.15, -0.1) is 0 Å². The van der Waals surface area contributed by atoms with Crippen LogP contribution in [0.5, 0.6) is 23.0 Å². The zero-order valence-electron chi connectivity index (χ0n) is 17.3. The molecule has 0 fully saturated rings. The molecule has 2 aliphatic heterocycles. The van der Waals surface area contributed by atoms with Gasteiger partial charge in [-0.25, -0.2) is 0 Å². The third-order valence-corrected chi connectivity index (χ3v) is 6.07. The van der Waals surface area contributed by atoms with Gasteiger partial charge in [-0.05, 0) is 23.8 Å². The van der Waals surface area contributed by atoms with Crippen LogP contribution >= 0.6 is 0 Å². The van der Waals surface area contributed by atoms with E-state index >= 15 is 0 Å². The molecule has 0 bridgehead atoms. The normalized spacial score (nSPS) is 18.3. The number of carbonyl (C=O) groups excluding carboxylic acids is 1.